The summed E-state index contributed by atoms with van der Waals surface area (Å²) in [5.41, 5.74) is 1.04. The number of nitrogens with zero attached hydrogens (tertiary/aromatic N) is 2. The van der Waals surface area contributed by atoms with Crippen LogP contribution in [0.2, 0.25) is 0 Å². The third kappa shape index (κ3) is 6.40. The standard InChI is InChI=1S/C17H19N3O8S/c1-28-16(23)10-20-9-13(8-18-20)29(26,27)19-14(17(24)25)6-11-2-4-12(5-3-11)7-15(21)22/h2-5,8-9,14,19H,6-7,10H2,1H3,(H,21,22)(H,24,25). The third-order valence-electron chi connectivity index (χ3n) is 3.85. The second-order valence-corrected chi connectivity index (χ2v) is 7.77. The molecule has 0 aliphatic rings. The molecule has 0 spiro atoms. The second kappa shape index (κ2) is 9.30. The van der Waals surface area contributed by atoms with Crippen LogP contribution >= 0.6 is 0 Å². The van der Waals surface area contributed by atoms with Crippen LogP contribution in [0.15, 0.2) is 41.6 Å². The molecule has 0 amide bonds. The van der Waals surface area contributed by atoms with Gasteiger partial charge in [-0.3, -0.25) is 19.1 Å². The van der Waals surface area contributed by atoms with Crippen molar-refractivity contribution in [2.75, 3.05) is 7.11 Å². The molecule has 0 radical (unpaired) electrons. The number of hydrogen-bond acceptors (Lipinski definition) is 7. The van der Waals surface area contributed by atoms with Crippen molar-refractivity contribution in [1.82, 2.24) is 14.5 Å². The van der Waals surface area contributed by atoms with E-state index >= 15 is 0 Å². The third-order valence-corrected chi connectivity index (χ3v) is 5.28. The maximum absolute atomic E-state index is 12.5. The van der Waals surface area contributed by atoms with Crippen molar-refractivity contribution in [1.29, 1.82) is 0 Å². The van der Waals surface area contributed by atoms with Gasteiger partial charge in [0.2, 0.25) is 10.0 Å². The van der Waals surface area contributed by atoms with E-state index in [1.807, 2.05) is 0 Å². The molecule has 2 rings (SSSR count). The first-order chi connectivity index (χ1) is 13.6. The normalized spacial score (nSPS) is 12.3. The first-order valence-corrected chi connectivity index (χ1v) is 9.73. The van der Waals surface area contributed by atoms with E-state index in [1.165, 1.54) is 31.4 Å². The predicted octanol–water partition coefficient (Wildman–Crippen LogP) is -0.343. The summed E-state index contributed by atoms with van der Waals surface area (Å²) >= 11 is 0. The number of hydrogen-bond donors (Lipinski definition) is 3. The van der Waals surface area contributed by atoms with Gasteiger partial charge in [-0.25, -0.2) is 8.42 Å². The fraction of sp³-hybridized carbons (Fsp3) is 0.294. The Morgan fingerprint density at radius 2 is 1.79 bits per heavy atom. The minimum absolute atomic E-state index is 0.155. The molecule has 3 N–H and O–H groups in total. The summed E-state index contributed by atoms with van der Waals surface area (Å²) in [6.07, 6.45) is 1.74. The molecule has 12 heteroatoms. The number of carboxylic acids is 2. The molecular weight excluding hydrogens is 406 g/mol. The molecule has 0 aliphatic carbocycles. The monoisotopic (exact) mass is 425 g/mol. The zero-order chi connectivity index (χ0) is 21.6. The second-order valence-electron chi connectivity index (χ2n) is 6.05. The van der Waals surface area contributed by atoms with Crippen LogP contribution in [0.5, 0.6) is 0 Å². The van der Waals surface area contributed by atoms with Gasteiger partial charge in [0.15, 0.2) is 0 Å². The maximum atomic E-state index is 12.5. The number of ether oxygens (including phenoxy) is 1. The summed E-state index contributed by atoms with van der Waals surface area (Å²) < 4.78 is 32.6. The van der Waals surface area contributed by atoms with Gasteiger partial charge < -0.3 is 14.9 Å². The van der Waals surface area contributed by atoms with E-state index in [-0.39, 0.29) is 24.3 Å². The van der Waals surface area contributed by atoms with Gasteiger partial charge in [-0.15, -0.1) is 0 Å². The summed E-state index contributed by atoms with van der Waals surface area (Å²) in [6, 6.07) is 4.68. The minimum Gasteiger partial charge on any atom is -0.481 e. The smallest absolute Gasteiger partial charge is 0.327 e. The summed E-state index contributed by atoms with van der Waals surface area (Å²) in [5.74, 6) is -3.01. The molecule has 29 heavy (non-hydrogen) atoms. The number of carbonyl (C=O) groups excluding carboxylic acids is 1. The number of benzene rings is 1. The van der Waals surface area contributed by atoms with Gasteiger partial charge in [-0.2, -0.15) is 9.82 Å². The quantitative estimate of drug-likeness (QED) is 0.432. The molecule has 1 aromatic heterocycles. The molecule has 2 aromatic rings. The van der Waals surface area contributed by atoms with Crippen LogP contribution in [0.4, 0.5) is 0 Å². The fourth-order valence-corrected chi connectivity index (χ4v) is 3.55. The molecule has 11 nitrogen and oxygen atoms in total. The number of methoxy groups -OCH3 is 1. The highest BCUT2D eigenvalue weighted by Gasteiger charge is 2.27. The highest BCUT2D eigenvalue weighted by molar-refractivity contribution is 7.89. The van der Waals surface area contributed by atoms with E-state index in [0.29, 0.717) is 11.1 Å². The van der Waals surface area contributed by atoms with E-state index in [0.717, 1.165) is 17.1 Å². The number of esters is 1. The average Bonchev–Trinajstić information content (AvgIpc) is 3.11. The minimum atomic E-state index is -4.21. The SMILES string of the molecule is COC(=O)Cn1cc(S(=O)(=O)NC(Cc2ccc(CC(=O)O)cc2)C(=O)O)cn1. The number of aromatic nitrogens is 2. The topological polar surface area (TPSA) is 165 Å². The van der Waals surface area contributed by atoms with Gasteiger partial charge in [-0.1, -0.05) is 24.3 Å². The zero-order valence-corrected chi connectivity index (χ0v) is 16.1. The van der Waals surface area contributed by atoms with E-state index in [2.05, 4.69) is 14.6 Å². The summed E-state index contributed by atoms with van der Waals surface area (Å²) in [6.45, 7) is -0.295. The van der Waals surface area contributed by atoms with Crippen molar-refractivity contribution < 1.29 is 37.8 Å². The Morgan fingerprint density at radius 3 is 2.34 bits per heavy atom. The maximum Gasteiger partial charge on any atom is 0.327 e. The molecule has 1 atom stereocenters. The van der Waals surface area contributed by atoms with E-state index < -0.39 is 34.0 Å². The Kier molecular flexibility index (Phi) is 7.07. The van der Waals surface area contributed by atoms with Crippen LogP contribution in [-0.2, 0) is 48.5 Å². The molecule has 156 valence electrons. The number of sulfonamides is 1. The lowest BCUT2D eigenvalue weighted by atomic mass is 10.0. The van der Waals surface area contributed by atoms with E-state index in [9.17, 15) is 27.9 Å². The molecular formula is C17H19N3O8S. The molecule has 0 bridgehead atoms. The molecule has 1 aromatic carbocycles. The van der Waals surface area contributed by atoms with Crippen LogP contribution < -0.4 is 4.72 Å². The fourth-order valence-electron chi connectivity index (χ4n) is 2.40. The Labute approximate surface area is 166 Å². The van der Waals surface area contributed by atoms with Crippen molar-refractivity contribution >= 4 is 27.9 Å². The number of nitrogens with one attached hydrogen (secondary N) is 1. The molecule has 0 aliphatic heterocycles. The first-order valence-electron chi connectivity index (χ1n) is 8.24. The van der Waals surface area contributed by atoms with Crippen LogP contribution in [0.3, 0.4) is 0 Å². The van der Waals surface area contributed by atoms with Gasteiger partial charge in [0.1, 0.15) is 17.5 Å². The molecule has 0 saturated carbocycles. The Balaban J connectivity index is 2.12. The number of aliphatic carboxylic acids is 2. The van der Waals surface area contributed by atoms with Gasteiger partial charge in [0, 0.05) is 6.20 Å². The molecule has 0 saturated heterocycles. The van der Waals surface area contributed by atoms with E-state index in [4.69, 9.17) is 5.11 Å². The van der Waals surface area contributed by atoms with Crippen molar-refractivity contribution in [3.8, 4) is 0 Å². The van der Waals surface area contributed by atoms with Crippen LogP contribution in [0, 0.1) is 0 Å². The molecule has 1 heterocycles. The lowest BCUT2D eigenvalue weighted by molar-refractivity contribution is -0.141. The van der Waals surface area contributed by atoms with E-state index in [1.54, 1.807) is 0 Å². The van der Waals surface area contributed by atoms with Crippen molar-refractivity contribution in [2.24, 2.45) is 0 Å². The Morgan fingerprint density at radius 1 is 1.17 bits per heavy atom. The first kappa shape index (κ1) is 22.0. The number of carbonyl (C=O) groups is 3. The average molecular weight is 425 g/mol. The van der Waals surface area contributed by atoms with Gasteiger partial charge in [0.25, 0.3) is 0 Å². The Bertz CT molecular complexity index is 998. The van der Waals surface area contributed by atoms with Crippen LogP contribution in [-0.4, -0.2) is 59.5 Å². The van der Waals surface area contributed by atoms with Crippen molar-refractivity contribution in [3.63, 3.8) is 0 Å². The zero-order valence-electron chi connectivity index (χ0n) is 15.3. The number of carboxylic acid groups (broad SMARTS) is 2. The van der Waals surface area contributed by atoms with Crippen molar-refractivity contribution in [2.45, 2.75) is 30.3 Å². The van der Waals surface area contributed by atoms with Crippen LogP contribution in [0.1, 0.15) is 11.1 Å². The molecule has 0 fully saturated rings. The van der Waals surface area contributed by atoms with Gasteiger partial charge >= 0.3 is 17.9 Å². The number of rotatable bonds is 10. The molecule has 1 unspecified atom stereocenters. The Hall–Kier alpha value is -3.25. The van der Waals surface area contributed by atoms with Crippen LogP contribution in [0.25, 0.3) is 0 Å². The lowest BCUT2D eigenvalue weighted by Gasteiger charge is -2.14. The summed E-state index contributed by atoms with van der Waals surface area (Å²) in [5, 5.41) is 21.9. The summed E-state index contributed by atoms with van der Waals surface area (Å²) in [7, 11) is -3.04. The van der Waals surface area contributed by atoms with Gasteiger partial charge in [0.05, 0.1) is 19.7 Å². The highest BCUT2D eigenvalue weighted by atomic mass is 32.2. The largest absolute Gasteiger partial charge is 0.481 e. The lowest BCUT2D eigenvalue weighted by Crippen LogP contribution is -2.42. The van der Waals surface area contributed by atoms with Gasteiger partial charge in [-0.05, 0) is 17.5 Å². The predicted molar refractivity (Wildman–Crippen MR) is 97.5 cm³/mol. The summed E-state index contributed by atoms with van der Waals surface area (Å²) in [4.78, 5) is 33.2. The highest BCUT2D eigenvalue weighted by Crippen LogP contribution is 2.12. The van der Waals surface area contributed by atoms with Crippen molar-refractivity contribution in [3.05, 3.63) is 47.8 Å².